The maximum atomic E-state index is 11.1. The fourth-order valence-electron chi connectivity index (χ4n) is 0.626. The first-order valence-electron chi connectivity index (χ1n) is 4.08. The van der Waals surface area contributed by atoms with Gasteiger partial charge in [-0.05, 0) is 5.41 Å². The van der Waals surface area contributed by atoms with Crippen molar-refractivity contribution in [3.05, 3.63) is 0 Å². The molecule has 4 N–H and O–H groups in total. The van der Waals surface area contributed by atoms with E-state index in [9.17, 15) is 4.79 Å². The standard InChI is InChI=1S/C8H17N3O2/c1-8(2,3)5-10-7(12)4-6(9)11-13/h13H,4-5H2,1-3H3,(H2,9,11)(H,10,12). The van der Waals surface area contributed by atoms with Gasteiger partial charge in [-0.3, -0.25) is 4.79 Å². The number of hydrogen-bond donors (Lipinski definition) is 3. The summed E-state index contributed by atoms with van der Waals surface area (Å²) < 4.78 is 0. The van der Waals surface area contributed by atoms with E-state index in [2.05, 4.69) is 10.5 Å². The van der Waals surface area contributed by atoms with Gasteiger partial charge >= 0.3 is 0 Å². The molecule has 13 heavy (non-hydrogen) atoms. The number of amides is 1. The molecule has 0 aliphatic heterocycles. The molecule has 0 saturated heterocycles. The summed E-state index contributed by atoms with van der Waals surface area (Å²) in [6, 6.07) is 0. The third kappa shape index (κ3) is 7.11. The quantitative estimate of drug-likeness (QED) is 0.257. The minimum absolute atomic E-state index is 0.0424. The van der Waals surface area contributed by atoms with E-state index >= 15 is 0 Å². The van der Waals surface area contributed by atoms with E-state index in [4.69, 9.17) is 10.9 Å². The van der Waals surface area contributed by atoms with Crippen LogP contribution in [0.4, 0.5) is 0 Å². The Morgan fingerprint density at radius 2 is 2.08 bits per heavy atom. The Morgan fingerprint density at radius 3 is 2.46 bits per heavy atom. The Kier molecular flexibility index (Phi) is 4.23. The van der Waals surface area contributed by atoms with Crippen LogP contribution in [0.1, 0.15) is 27.2 Å². The van der Waals surface area contributed by atoms with E-state index in [-0.39, 0.29) is 23.6 Å². The number of nitrogens with two attached hydrogens (primary N) is 1. The SMILES string of the molecule is CC(C)(C)CNC(=O)CC(N)=NO. The second kappa shape index (κ2) is 4.69. The summed E-state index contributed by atoms with van der Waals surface area (Å²) in [4.78, 5) is 11.1. The van der Waals surface area contributed by atoms with Gasteiger partial charge in [0.15, 0.2) is 0 Å². The molecule has 0 heterocycles. The molecule has 0 rings (SSSR count). The highest BCUT2D eigenvalue weighted by Crippen LogP contribution is 2.09. The molecule has 1 amide bonds. The third-order valence-corrected chi connectivity index (χ3v) is 1.29. The van der Waals surface area contributed by atoms with Crippen LogP contribution in [0.15, 0.2) is 5.16 Å². The maximum Gasteiger partial charge on any atom is 0.227 e. The normalized spacial score (nSPS) is 12.7. The van der Waals surface area contributed by atoms with Crippen LogP contribution >= 0.6 is 0 Å². The topological polar surface area (TPSA) is 87.7 Å². The highest BCUT2D eigenvalue weighted by Gasteiger charge is 2.12. The molecule has 0 aliphatic carbocycles. The molecule has 0 bridgehead atoms. The van der Waals surface area contributed by atoms with Gasteiger partial charge in [-0.15, -0.1) is 0 Å². The molecule has 0 spiro atoms. The number of nitrogens with one attached hydrogen (secondary N) is 1. The van der Waals surface area contributed by atoms with Crippen molar-refractivity contribution in [2.45, 2.75) is 27.2 Å². The van der Waals surface area contributed by atoms with Crippen LogP contribution in [0.3, 0.4) is 0 Å². The lowest BCUT2D eigenvalue weighted by atomic mass is 9.97. The smallest absolute Gasteiger partial charge is 0.227 e. The summed E-state index contributed by atoms with van der Waals surface area (Å²) in [6.45, 7) is 6.61. The first kappa shape index (κ1) is 11.7. The van der Waals surface area contributed by atoms with E-state index in [1.807, 2.05) is 20.8 Å². The highest BCUT2D eigenvalue weighted by molar-refractivity contribution is 5.98. The molecule has 0 unspecified atom stereocenters. The van der Waals surface area contributed by atoms with Crippen LogP contribution in [0, 0.1) is 5.41 Å². The van der Waals surface area contributed by atoms with Crippen molar-refractivity contribution in [3.8, 4) is 0 Å². The molecule has 0 aliphatic rings. The largest absolute Gasteiger partial charge is 0.409 e. The van der Waals surface area contributed by atoms with Crippen molar-refractivity contribution in [2.24, 2.45) is 16.3 Å². The molecule has 0 atom stereocenters. The van der Waals surface area contributed by atoms with E-state index < -0.39 is 0 Å². The number of carbonyl (C=O) groups excluding carboxylic acids is 1. The minimum Gasteiger partial charge on any atom is -0.409 e. The Labute approximate surface area is 78.0 Å². The monoisotopic (exact) mass is 187 g/mol. The fourth-order valence-corrected chi connectivity index (χ4v) is 0.626. The van der Waals surface area contributed by atoms with Crippen molar-refractivity contribution in [2.75, 3.05) is 6.54 Å². The zero-order valence-electron chi connectivity index (χ0n) is 8.29. The Bertz CT molecular complexity index is 206. The van der Waals surface area contributed by atoms with Crippen molar-refractivity contribution in [3.63, 3.8) is 0 Å². The summed E-state index contributed by atoms with van der Waals surface area (Å²) in [5, 5.41) is 13.6. The molecule has 0 radical (unpaired) electrons. The van der Waals surface area contributed by atoms with E-state index in [1.165, 1.54) is 0 Å². The molecular weight excluding hydrogens is 170 g/mol. The van der Waals surface area contributed by atoms with Crippen molar-refractivity contribution >= 4 is 11.7 Å². The maximum absolute atomic E-state index is 11.1. The summed E-state index contributed by atoms with van der Waals surface area (Å²) in [6.07, 6.45) is -0.0629. The summed E-state index contributed by atoms with van der Waals surface area (Å²) in [7, 11) is 0. The van der Waals surface area contributed by atoms with Gasteiger partial charge in [0.2, 0.25) is 5.91 Å². The summed E-state index contributed by atoms with van der Waals surface area (Å²) in [5.41, 5.74) is 5.19. The van der Waals surface area contributed by atoms with Gasteiger partial charge in [0, 0.05) is 6.54 Å². The van der Waals surface area contributed by atoms with Crippen LogP contribution in [-0.2, 0) is 4.79 Å². The number of nitrogens with zero attached hydrogens (tertiary/aromatic N) is 1. The van der Waals surface area contributed by atoms with Crippen molar-refractivity contribution in [1.29, 1.82) is 0 Å². The molecule has 76 valence electrons. The first-order valence-corrected chi connectivity index (χ1v) is 4.08. The highest BCUT2D eigenvalue weighted by atomic mass is 16.4. The van der Waals surface area contributed by atoms with Gasteiger partial charge in [-0.25, -0.2) is 0 Å². The molecule has 5 heteroatoms. The van der Waals surface area contributed by atoms with Gasteiger partial charge in [0.05, 0.1) is 6.42 Å². The average Bonchev–Trinajstić information content (AvgIpc) is 1.99. The lowest BCUT2D eigenvalue weighted by Crippen LogP contribution is -2.34. The predicted octanol–water partition coefficient (Wildman–Crippen LogP) is 0.285. The number of rotatable bonds is 3. The molecule has 0 fully saturated rings. The van der Waals surface area contributed by atoms with Crippen LogP contribution in [0.5, 0.6) is 0 Å². The van der Waals surface area contributed by atoms with Gasteiger partial charge < -0.3 is 16.3 Å². The predicted molar refractivity (Wildman–Crippen MR) is 50.5 cm³/mol. The Balaban J connectivity index is 3.77. The Morgan fingerprint density at radius 1 is 1.54 bits per heavy atom. The molecule has 5 nitrogen and oxygen atoms in total. The van der Waals surface area contributed by atoms with Crippen molar-refractivity contribution < 1.29 is 10.0 Å². The van der Waals surface area contributed by atoms with Crippen LogP contribution in [0.25, 0.3) is 0 Å². The second-order valence-electron chi connectivity index (χ2n) is 4.11. The molecule has 0 saturated carbocycles. The molecule has 0 aromatic heterocycles. The number of carbonyl (C=O) groups is 1. The van der Waals surface area contributed by atoms with Gasteiger partial charge in [-0.2, -0.15) is 0 Å². The molecule has 0 aromatic carbocycles. The average molecular weight is 187 g/mol. The van der Waals surface area contributed by atoms with Crippen LogP contribution in [0.2, 0.25) is 0 Å². The summed E-state index contributed by atoms with van der Waals surface area (Å²) >= 11 is 0. The number of hydrogen-bond acceptors (Lipinski definition) is 3. The minimum atomic E-state index is -0.231. The first-order chi connectivity index (χ1) is 5.85. The zero-order chi connectivity index (χ0) is 10.5. The Hall–Kier alpha value is -1.26. The third-order valence-electron chi connectivity index (χ3n) is 1.29. The fraction of sp³-hybridized carbons (Fsp3) is 0.750. The van der Waals surface area contributed by atoms with Crippen LogP contribution in [-0.4, -0.2) is 23.5 Å². The number of oxime groups is 1. The van der Waals surface area contributed by atoms with E-state index in [0.717, 1.165) is 0 Å². The van der Waals surface area contributed by atoms with Crippen LogP contribution < -0.4 is 11.1 Å². The lowest BCUT2D eigenvalue weighted by Gasteiger charge is -2.18. The second-order valence-corrected chi connectivity index (χ2v) is 4.11. The molecular formula is C8H17N3O2. The van der Waals surface area contributed by atoms with Gasteiger partial charge in [0.25, 0.3) is 0 Å². The van der Waals surface area contributed by atoms with Crippen molar-refractivity contribution in [1.82, 2.24) is 5.32 Å². The lowest BCUT2D eigenvalue weighted by molar-refractivity contribution is -0.120. The summed E-state index contributed by atoms with van der Waals surface area (Å²) in [5.74, 6) is -0.309. The molecule has 0 aromatic rings. The van der Waals surface area contributed by atoms with E-state index in [0.29, 0.717) is 6.54 Å². The van der Waals surface area contributed by atoms with Gasteiger partial charge in [-0.1, -0.05) is 25.9 Å². The zero-order valence-corrected chi connectivity index (χ0v) is 8.29. The van der Waals surface area contributed by atoms with E-state index in [1.54, 1.807) is 0 Å². The van der Waals surface area contributed by atoms with Gasteiger partial charge in [0.1, 0.15) is 5.84 Å². The number of amidine groups is 1.